The number of anilines is 2. The number of rotatable bonds is 11. The molecule has 2 fully saturated rings. The van der Waals surface area contributed by atoms with Crippen molar-refractivity contribution in [1.29, 1.82) is 0 Å². The van der Waals surface area contributed by atoms with E-state index in [0.717, 1.165) is 24.6 Å². The van der Waals surface area contributed by atoms with Crippen LogP contribution < -0.4 is 18.9 Å². The molecule has 258 valence electrons. The van der Waals surface area contributed by atoms with Crippen molar-refractivity contribution in [2.45, 2.75) is 74.2 Å². The number of benzene rings is 2. The van der Waals surface area contributed by atoms with E-state index < -0.39 is 0 Å². The van der Waals surface area contributed by atoms with Crippen molar-refractivity contribution in [3.8, 4) is 0 Å². The number of fused-ring (bicyclic) bond motifs is 2. The molecule has 8 heteroatoms. The van der Waals surface area contributed by atoms with Gasteiger partial charge in [0.2, 0.25) is 0 Å². The molecule has 50 heavy (non-hydrogen) atoms. The molecule has 0 aliphatic carbocycles. The number of hydrogen-bond donors (Lipinski definition) is 0. The van der Waals surface area contributed by atoms with Crippen LogP contribution >= 0.6 is 46.2 Å². The van der Waals surface area contributed by atoms with E-state index in [0.29, 0.717) is 0 Å². The summed E-state index contributed by atoms with van der Waals surface area (Å²) in [4.78, 5) is 10.7. The molecule has 4 nitrogen and oxygen atoms in total. The Kier molecular flexibility index (Phi) is 11.3. The standard InChI is InChI=1S/C42H48N4S4/c1-2-6-22-43(21-5-1)39-17-25-45(41-37(39)19-27-49-41)31-33-9-13-35(14-10-33)47-29-30-48-36-15-11-34(12-16-36)32-46-26-18-40(38-20-28-50-42(38)46)44-23-7-3-4-8-24-44/h9-20,25-28H,1-8,21-24,29-32H2/q+2. The van der Waals surface area contributed by atoms with Crippen molar-refractivity contribution in [3.63, 3.8) is 0 Å². The Hall–Kier alpha value is -3.04. The lowest BCUT2D eigenvalue weighted by molar-refractivity contribution is -0.660. The van der Waals surface area contributed by atoms with Gasteiger partial charge in [0.25, 0.3) is 9.66 Å². The molecule has 0 bridgehead atoms. The third-order valence-electron chi connectivity index (χ3n) is 10.3. The van der Waals surface area contributed by atoms with E-state index in [1.165, 1.54) is 130 Å². The van der Waals surface area contributed by atoms with Gasteiger partial charge >= 0.3 is 0 Å². The highest BCUT2D eigenvalue weighted by atomic mass is 32.2. The average Bonchev–Trinajstić information content (AvgIpc) is 3.68. The van der Waals surface area contributed by atoms with E-state index in [-0.39, 0.29) is 0 Å². The van der Waals surface area contributed by atoms with Crippen LogP contribution in [0.5, 0.6) is 0 Å². The Morgan fingerprint density at radius 2 is 0.880 bits per heavy atom. The highest BCUT2D eigenvalue weighted by molar-refractivity contribution is 8.03. The van der Waals surface area contributed by atoms with E-state index in [1.807, 2.05) is 46.2 Å². The molecule has 4 aromatic heterocycles. The summed E-state index contributed by atoms with van der Waals surface area (Å²) in [7, 11) is 0. The maximum Gasteiger partial charge on any atom is 0.271 e. The number of thiophene rings is 2. The Morgan fingerprint density at radius 3 is 1.28 bits per heavy atom. The summed E-state index contributed by atoms with van der Waals surface area (Å²) in [6, 6.07) is 27.8. The van der Waals surface area contributed by atoms with Crippen molar-refractivity contribution in [1.82, 2.24) is 0 Å². The summed E-state index contributed by atoms with van der Waals surface area (Å²) in [6.07, 6.45) is 15.3. The van der Waals surface area contributed by atoms with Crippen molar-refractivity contribution in [2.24, 2.45) is 0 Å². The molecule has 0 amide bonds. The minimum Gasteiger partial charge on any atom is -0.371 e. The van der Waals surface area contributed by atoms with Crippen LogP contribution in [-0.4, -0.2) is 37.7 Å². The van der Waals surface area contributed by atoms with Crippen LogP contribution in [0, 0.1) is 0 Å². The zero-order valence-electron chi connectivity index (χ0n) is 29.0. The SMILES string of the molecule is c1cc2c(N3CCCCCC3)cc[n+](Cc3ccc(SCCSc4ccc(C[n+]5ccc(N6CCCCCC6)c6ccsc65)cc4)cc3)c2s1. The molecule has 2 aromatic carbocycles. The molecular formula is C42H48N4S4+2. The fourth-order valence-electron chi connectivity index (χ4n) is 7.59. The monoisotopic (exact) mass is 736 g/mol. The smallest absolute Gasteiger partial charge is 0.271 e. The molecule has 0 saturated carbocycles. The molecule has 6 heterocycles. The largest absolute Gasteiger partial charge is 0.371 e. The average molecular weight is 737 g/mol. The topological polar surface area (TPSA) is 14.2 Å². The molecule has 0 N–H and O–H groups in total. The summed E-state index contributed by atoms with van der Waals surface area (Å²) in [5.74, 6) is 2.20. The lowest BCUT2D eigenvalue weighted by atomic mass is 10.2. The zero-order chi connectivity index (χ0) is 33.5. The van der Waals surface area contributed by atoms with Gasteiger partial charge in [0, 0.05) is 70.7 Å². The van der Waals surface area contributed by atoms with E-state index in [4.69, 9.17) is 0 Å². The highest BCUT2D eigenvalue weighted by Gasteiger charge is 2.21. The second kappa shape index (κ2) is 16.5. The van der Waals surface area contributed by atoms with E-state index in [1.54, 1.807) is 0 Å². The Balaban J connectivity index is 0.821. The first-order valence-electron chi connectivity index (χ1n) is 18.5. The molecule has 0 radical (unpaired) electrons. The van der Waals surface area contributed by atoms with Crippen molar-refractivity contribution < 1.29 is 9.13 Å². The highest BCUT2D eigenvalue weighted by Crippen LogP contribution is 2.32. The van der Waals surface area contributed by atoms with Gasteiger partial charge in [-0.1, -0.05) is 72.6 Å². The fourth-order valence-corrected chi connectivity index (χ4v) is 11.2. The number of aromatic nitrogens is 2. The van der Waals surface area contributed by atoms with Crippen LogP contribution in [0.15, 0.2) is 106 Å². The van der Waals surface area contributed by atoms with Crippen LogP contribution in [0.3, 0.4) is 0 Å². The second-order valence-corrected chi connectivity index (χ2v) is 17.8. The van der Waals surface area contributed by atoms with Crippen LogP contribution in [-0.2, 0) is 13.1 Å². The molecule has 2 aliphatic rings. The maximum absolute atomic E-state index is 2.61. The summed E-state index contributed by atoms with van der Waals surface area (Å²) in [5.41, 5.74) is 5.56. The van der Waals surface area contributed by atoms with Crippen molar-refractivity contribution >= 4 is 78.0 Å². The molecule has 0 spiro atoms. The molecule has 0 atom stereocenters. The first-order valence-corrected chi connectivity index (χ1v) is 22.2. The number of thioether (sulfide) groups is 2. The first kappa shape index (κ1) is 34.1. The fraction of sp³-hybridized carbons (Fsp3) is 0.381. The Labute approximate surface area is 314 Å². The first-order chi connectivity index (χ1) is 24.8. The van der Waals surface area contributed by atoms with Crippen LogP contribution in [0.4, 0.5) is 11.4 Å². The van der Waals surface area contributed by atoms with Gasteiger partial charge in [-0.15, -0.1) is 23.5 Å². The van der Waals surface area contributed by atoms with Gasteiger partial charge in [-0.3, -0.25) is 0 Å². The number of pyridine rings is 2. The minimum absolute atomic E-state index is 0.911. The van der Waals surface area contributed by atoms with E-state index in [2.05, 4.69) is 115 Å². The second-order valence-electron chi connectivity index (χ2n) is 13.7. The van der Waals surface area contributed by atoms with Crippen LogP contribution in [0.2, 0.25) is 0 Å². The number of nitrogens with zero attached hydrogens (tertiary/aromatic N) is 4. The number of hydrogen-bond acceptors (Lipinski definition) is 6. The summed E-state index contributed by atoms with van der Waals surface area (Å²) in [5, 5.41) is 7.33. The van der Waals surface area contributed by atoms with Gasteiger partial charge in [0.1, 0.15) is 0 Å². The minimum atomic E-state index is 0.911. The molecule has 0 unspecified atom stereocenters. The van der Waals surface area contributed by atoms with Gasteiger partial charge in [0.15, 0.2) is 25.5 Å². The maximum atomic E-state index is 2.61. The quantitative estimate of drug-likeness (QED) is 0.0747. The lowest BCUT2D eigenvalue weighted by Gasteiger charge is -2.22. The predicted molar refractivity (Wildman–Crippen MR) is 218 cm³/mol. The van der Waals surface area contributed by atoms with Crippen LogP contribution in [0.1, 0.15) is 62.5 Å². The third kappa shape index (κ3) is 8.04. The lowest BCUT2D eigenvalue weighted by Crippen LogP contribution is -2.35. The van der Waals surface area contributed by atoms with E-state index in [9.17, 15) is 0 Å². The molecule has 2 saturated heterocycles. The summed E-state index contributed by atoms with van der Waals surface area (Å²) < 4.78 is 4.86. The van der Waals surface area contributed by atoms with E-state index >= 15 is 0 Å². The summed E-state index contributed by atoms with van der Waals surface area (Å²) >= 11 is 7.65. The van der Waals surface area contributed by atoms with Gasteiger partial charge in [0.05, 0.1) is 22.1 Å². The normalized spacial score (nSPS) is 15.8. The molecule has 6 aromatic rings. The predicted octanol–water partition coefficient (Wildman–Crippen LogP) is 10.4. The summed E-state index contributed by atoms with van der Waals surface area (Å²) in [6.45, 7) is 6.57. The Bertz CT molecular complexity index is 1840. The van der Waals surface area contributed by atoms with Crippen molar-refractivity contribution in [3.05, 3.63) is 107 Å². The Morgan fingerprint density at radius 1 is 0.480 bits per heavy atom. The van der Waals surface area contributed by atoms with Gasteiger partial charge < -0.3 is 9.80 Å². The van der Waals surface area contributed by atoms with Gasteiger partial charge in [-0.25, -0.2) is 0 Å². The molecular weight excluding hydrogens is 689 g/mol. The van der Waals surface area contributed by atoms with Crippen molar-refractivity contribution in [2.75, 3.05) is 47.5 Å². The molecule has 2 aliphatic heterocycles. The van der Waals surface area contributed by atoms with Crippen LogP contribution in [0.25, 0.3) is 20.4 Å². The van der Waals surface area contributed by atoms with Gasteiger partial charge in [-0.2, -0.15) is 9.13 Å². The molecule has 8 rings (SSSR count). The third-order valence-corrected chi connectivity index (χ3v) is 14.4. The zero-order valence-corrected chi connectivity index (χ0v) is 32.2. The van der Waals surface area contributed by atoms with Gasteiger partial charge in [-0.05, 0) is 72.8 Å².